The summed E-state index contributed by atoms with van der Waals surface area (Å²) in [5.74, 6) is 0.530. The maximum absolute atomic E-state index is 12.2. The zero-order valence-electron chi connectivity index (χ0n) is 13.5. The van der Waals surface area contributed by atoms with E-state index in [1.54, 1.807) is 11.0 Å². The molecule has 22 heavy (non-hydrogen) atoms. The summed E-state index contributed by atoms with van der Waals surface area (Å²) < 4.78 is 10.5. The predicted molar refractivity (Wildman–Crippen MR) is 83.2 cm³/mol. The van der Waals surface area contributed by atoms with Gasteiger partial charge in [-0.15, -0.1) is 0 Å². The molecule has 1 aromatic rings. The van der Waals surface area contributed by atoms with Gasteiger partial charge in [-0.05, 0) is 26.8 Å². The number of phenols is 1. The molecule has 0 aromatic heterocycles. The van der Waals surface area contributed by atoms with Crippen LogP contribution < -0.4 is 10.1 Å². The molecule has 1 heterocycles. The van der Waals surface area contributed by atoms with Gasteiger partial charge in [0.25, 0.3) is 0 Å². The molecule has 0 radical (unpaired) electrons. The quantitative estimate of drug-likeness (QED) is 0.877. The molecule has 0 saturated carbocycles. The zero-order chi connectivity index (χ0) is 16.3. The van der Waals surface area contributed by atoms with E-state index in [0.29, 0.717) is 30.9 Å². The van der Waals surface area contributed by atoms with Crippen molar-refractivity contribution in [2.45, 2.75) is 32.4 Å². The van der Waals surface area contributed by atoms with Crippen LogP contribution in [-0.2, 0) is 4.74 Å². The molecule has 1 atom stereocenters. The molecule has 2 N–H and O–H groups in total. The molecule has 1 fully saturated rings. The Hall–Kier alpha value is -1.95. The van der Waals surface area contributed by atoms with E-state index in [9.17, 15) is 9.90 Å². The second-order valence-electron chi connectivity index (χ2n) is 6.33. The lowest BCUT2D eigenvalue weighted by molar-refractivity contribution is 0.0194. The van der Waals surface area contributed by atoms with E-state index in [0.717, 1.165) is 0 Å². The summed E-state index contributed by atoms with van der Waals surface area (Å²) in [6.45, 7) is 7.20. The number of methoxy groups -OCH3 is 1. The average Bonchev–Trinajstić information content (AvgIpc) is 2.46. The molecule has 2 rings (SSSR count). The number of carbonyl (C=O) groups excluding carboxylic acids is 1. The standard InChI is InChI=1S/C16H24N2O4/c1-16(2,3)22-15(20)18-9-8-17-12(10-18)11-6-5-7-13(21-4)14(11)19/h5-7,12,17,19H,8-10H2,1-4H3. The van der Waals surface area contributed by atoms with Crippen LogP contribution >= 0.6 is 0 Å². The van der Waals surface area contributed by atoms with Crippen LogP contribution in [0, 0.1) is 0 Å². The van der Waals surface area contributed by atoms with Crippen molar-refractivity contribution in [1.82, 2.24) is 10.2 Å². The van der Waals surface area contributed by atoms with Gasteiger partial charge in [0, 0.05) is 25.2 Å². The molecule has 1 saturated heterocycles. The topological polar surface area (TPSA) is 71.0 Å². The summed E-state index contributed by atoms with van der Waals surface area (Å²) in [6.07, 6.45) is -0.332. The van der Waals surface area contributed by atoms with Gasteiger partial charge < -0.3 is 24.8 Å². The summed E-state index contributed by atoms with van der Waals surface area (Å²) in [5.41, 5.74) is 0.197. The van der Waals surface area contributed by atoms with Crippen LogP contribution in [0.4, 0.5) is 4.79 Å². The molecule has 1 unspecified atom stereocenters. The minimum atomic E-state index is -0.518. The monoisotopic (exact) mass is 308 g/mol. The average molecular weight is 308 g/mol. The smallest absolute Gasteiger partial charge is 0.410 e. The molecule has 6 nitrogen and oxygen atoms in total. The lowest BCUT2D eigenvalue weighted by Gasteiger charge is -2.35. The number of benzene rings is 1. The van der Waals surface area contributed by atoms with Crippen LogP contribution in [0.5, 0.6) is 11.5 Å². The molecule has 0 bridgehead atoms. The predicted octanol–water partition coefficient (Wildman–Crippen LogP) is 2.28. The largest absolute Gasteiger partial charge is 0.504 e. The van der Waals surface area contributed by atoms with Gasteiger partial charge in [-0.1, -0.05) is 12.1 Å². The molecule has 0 spiro atoms. The second kappa shape index (κ2) is 6.44. The Morgan fingerprint density at radius 3 is 2.77 bits per heavy atom. The highest BCUT2D eigenvalue weighted by Gasteiger charge is 2.29. The van der Waals surface area contributed by atoms with Crippen molar-refractivity contribution in [1.29, 1.82) is 0 Å². The van der Waals surface area contributed by atoms with Gasteiger partial charge in [-0.2, -0.15) is 0 Å². The van der Waals surface area contributed by atoms with E-state index < -0.39 is 5.60 Å². The number of hydrogen-bond donors (Lipinski definition) is 2. The van der Waals surface area contributed by atoms with E-state index in [1.807, 2.05) is 32.9 Å². The van der Waals surface area contributed by atoms with Crippen molar-refractivity contribution in [2.24, 2.45) is 0 Å². The number of piperazine rings is 1. The Kier molecular flexibility index (Phi) is 4.81. The number of para-hydroxylation sites is 1. The summed E-state index contributed by atoms with van der Waals surface area (Å²) in [7, 11) is 1.51. The highest BCUT2D eigenvalue weighted by Crippen LogP contribution is 2.34. The highest BCUT2D eigenvalue weighted by molar-refractivity contribution is 5.68. The summed E-state index contributed by atoms with van der Waals surface area (Å²) in [6, 6.07) is 5.19. The molecule has 1 amide bonds. The Bertz CT molecular complexity index is 539. The fraction of sp³-hybridized carbons (Fsp3) is 0.562. The van der Waals surface area contributed by atoms with E-state index in [1.165, 1.54) is 7.11 Å². The zero-order valence-corrected chi connectivity index (χ0v) is 13.5. The number of nitrogens with zero attached hydrogens (tertiary/aromatic N) is 1. The number of ether oxygens (including phenoxy) is 2. The second-order valence-corrected chi connectivity index (χ2v) is 6.33. The van der Waals surface area contributed by atoms with Gasteiger partial charge in [0.15, 0.2) is 11.5 Å². The van der Waals surface area contributed by atoms with Gasteiger partial charge in [-0.3, -0.25) is 0 Å². The fourth-order valence-electron chi connectivity index (χ4n) is 2.44. The van der Waals surface area contributed by atoms with Crippen molar-refractivity contribution in [3.8, 4) is 11.5 Å². The van der Waals surface area contributed by atoms with Crippen LogP contribution in [0.3, 0.4) is 0 Å². The van der Waals surface area contributed by atoms with Crippen LogP contribution in [-0.4, -0.2) is 48.4 Å². The molecule has 122 valence electrons. The number of hydrogen-bond acceptors (Lipinski definition) is 5. The van der Waals surface area contributed by atoms with E-state index >= 15 is 0 Å². The van der Waals surface area contributed by atoms with Crippen LogP contribution in [0.1, 0.15) is 32.4 Å². The lowest BCUT2D eigenvalue weighted by Crippen LogP contribution is -2.49. The van der Waals surface area contributed by atoms with Crippen molar-refractivity contribution in [2.75, 3.05) is 26.7 Å². The number of carbonyl (C=O) groups is 1. The first-order chi connectivity index (χ1) is 10.3. The Morgan fingerprint density at radius 2 is 2.14 bits per heavy atom. The first-order valence-corrected chi connectivity index (χ1v) is 7.39. The molecular formula is C16H24N2O4. The van der Waals surface area contributed by atoms with Gasteiger partial charge in [0.2, 0.25) is 0 Å². The number of aromatic hydroxyl groups is 1. The van der Waals surface area contributed by atoms with Crippen molar-refractivity contribution >= 4 is 6.09 Å². The molecular weight excluding hydrogens is 284 g/mol. The number of nitrogens with one attached hydrogen (secondary N) is 1. The summed E-state index contributed by atoms with van der Waals surface area (Å²) in [5, 5.41) is 13.6. The van der Waals surface area contributed by atoms with Crippen LogP contribution in [0.15, 0.2) is 18.2 Å². The van der Waals surface area contributed by atoms with Crippen molar-refractivity contribution in [3.05, 3.63) is 23.8 Å². The number of rotatable bonds is 2. The molecule has 1 aromatic carbocycles. The third kappa shape index (κ3) is 3.82. The first-order valence-electron chi connectivity index (χ1n) is 7.39. The van der Waals surface area contributed by atoms with Gasteiger partial charge in [0.05, 0.1) is 13.2 Å². The van der Waals surface area contributed by atoms with Crippen LogP contribution in [0.2, 0.25) is 0 Å². The minimum Gasteiger partial charge on any atom is -0.504 e. The lowest BCUT2D eigenvalue weighted by atomic mass is 10.0. The van der Waals surface area contributed by atoms with E-state index in [-0.39, 0.29) is 17.9 Å². The maximum atomic E-state index is 12.2. The first kappa shape index (κ1) is 16.4. The van der Waals surface area contributed by atoms with Crippen molar-refractivity contribution in [3.63, 3.8) is 0 Å². The third-order valence-corrected chi connectivity index (χ3v) is 3.45. The fourth-order valence-corrected chi connectivity index (χ4v) is 2.44. The summed E-state index contributed by atoms with van der Waals surface area (Å²) in [4.78, 5) is 13.8. The van der Waals surface area contributed by atoms with Gasteiger partial charge in [-0.25, -0.2) is 4.79 Å². The molecule has 6 heteroatoms. The minimum absolute atomic E-state index is 0.105. The molecule has 1 aliphatic rings. The SMILES string of the molecule is COc1cccc(C2CN(C(=O)OC(C)(C)C)CCN2)c1O. The maximum Gasteiger partial charge on any atom is 0.410 e. The molecule has 1 aliphatic heterocycles. The molecule has 0 aliphatic carbocycles. The summed E-state index contributed by atoms with van der Waals surface area (Å²) >= 11 is 0. The van der Waals surface area contributed by atoms with E-state index in [2.05, 4.69) is 5.32 Å². The Morgan fingerprint density at radius 1 is 1.41 bits per heavy atom. The third-order valence-electron chi connectivity index (χ3n) is 3.45. The highest BCUT2D eigenvalue weighted by atomic mass is 16.6. The Balaban J connectivity index is 2.12. The van der Waals surface area contributed by atoms with E-state index in [4.69, 9.17) is 9.47 Å². The van der Waals surface area contributed by atoms with Gasteiger partial charge in [0.1, 0.15) is 5.60 Å². The van der Waals surface area contributed by atoms with Crippen molar-refractivity contribution < 1.29 is 19.4 Å². The van der Waals surface area contributed by atoms with Gasteiger partial charge >= 0.3 is 6.09 Å². The number of amides is 1. The Labute approximate surface area is 131 Å². The normalized spacial score (nSPS) is 18.9. The van der Waals surface area contributed by atoms with Crippen LogP contribution in [0.25, 0.3) is 0 Å². The number of phenolic OH excluding ortho intramolecular Hbond substituents is 1.